The van der Waals surface area contributed by atoms with Gasteiger partial charge in [0, 0.05) is 19.0 Å². The van der Waals surface area contributed by atoms with Gasteiger partial charge in [-0.05, 0) is 36.5 Å². The van der Waals surface area contributed by atoms with Crippen molar-refractivity contribution in [2.45, 2.75) is 31.7 Å². The van der Waals surface area contributed by atoms with Crippen LogP contribution in [-0.2, 0) is 17.6 Å². The molecule has 0 aromatic heterocycles. The Bertz CT molecular complexity index is 719. The van der Waals surface area contributed by atoms with Gasteiger partial charge in [-0.1, -0.05) is 48.5 Å². The molecule has 4 N–H and O–H groups in total. The quantitative estimate of drug-likeness (QED) is 0.555. The lowest BCUT2D eigenvalue weighted by atomic mass is 10.0. The number of carboxylic acid groups (broad SMARTS) is 1. The predicted octanol–water partition coefficient (Wildman–Crippen LogP) is 2.71. The van der Waals surface area contributed by atoms with E-state index >= 15 is 0 Å². The number of benzene rings is 2. The maximum absolute atomic E-state index is 12.1. The first kappa shape index (κ1) is 19.3. The highest BCUT2D eigenvalue weighted by Crippen LogP contribution is 2.15. The molecule has 0 fully saturated rings. The number of phenols is 1. The largest absolute Gasteiger partial charge is 0.508 e. The molecule has 0 aliphatic carbocycles. The number of para-hydroxylation sites is 1. The number of urea groups is 1. The summed E-state index contributed by atoms with van der Waals surface area (Å²) in [6.45, 7) is 0.375. The third-order valence-corrected chi connectivity index (χ3v) is 4.04. The summed E-state index contributed by atoms with van der Waals surface area (Å²) in [5.41, 5.74) is 1.80. The van der Waals surface area contributed by atoms with Gasteiger partial charge in [0.1, 0.15) is 5.75 Å². The summed E-state index contributed by atoms with van der Waals surface area (Å²) in [5, 5.41) is 24.2. The highest BCUT2D eigenvalue weighted by molar-refractivity contribution is 5.74. The van der Waals surface area contributed by atoms with E-state index in [0.717, 1.165) is 11.1 Å². The Morgan fingerprint density at radius 1 is 1.00 bits per heavy atom. The maximum atomic E-state index is 12.1. The van der Waals surface area contributed by atoms with Crippen LogP contribution in [0.3, 0.4) is 0 Å². The summed E-state index contributed by atoms with van der Waals surface area (Å²) in [6, 6.07) is 16.0. The summed E-state index contributed by atoms with van der Waals surface area (Å²) in [7, 11) is 0. The number of carboxylic acids is 1. The Balaban J connectivity index is 1.84. The molecule has 1 unspecified atom stereocenters. The number of carbonyl (C=O) groups is 2. The van der Waals surface area contributed by atoms with Gasteiger partial charge in [0.05, 0.1) is 0 Å². The molecule has 0 heterocycles. The van der Waals surface area contributed by atoms with Gasteiger partial charge < -0.3 is 20.8 Å². The van der Waals surface area contributed by atoms with Gasteiger partial charge in [-0.15, -0.1) is 0 Å². The number of nitrogens with one attached hydrogen (secondary N) is 2. The topological polar surface area (TPSA) is 98.7 Å². The second kappa shape index (κ2) is 10.1. The molecule has 0 bridgehead atoms. The number of rotatable bonds is 9. The molecule has 0 aliphatic heterocycles. The van der Waals surface area contributed by atoms with Gasteiger partial charge in [0.25, 0.3) is 0 Å². The lowest BCUT2D eigenvalue weighted by molar-refractivity contribution is -0.137. The van der Waals surface area contributed by atoms with E-state index in [4.69, 9.17) is 5.11 Å². The van der Waals surface area contributed by atoms with E-state index in [0.29, 0.717) is 25.8 Å². The zero-order chi connectivity index (χ0) is 18.8. The van der Waals surface area contributed by atoms with Gasteiger partial charge in [-0.25, -0.2) is 4.79 Å². The van der Waals surface area contributed by atoms with Gasteiger partial charge in [0.2, 0.25) is 0 Å². The van der Waals surface area contributed by atoms with Crippen molar-refractivity contribution in [3.63, 3.8) is 0 Å². The molecule has 2 aromatic carbocycles. The zero-order valence-corrected chi connectivity index (χ0v) is 14.5. The molecule has 0 aliphatic rings. The predicted molar refractivity (Wildman–Crippen MR) is 99.1 cm³/mol. The molecule has 2 aromatic rings. The minimum absolute atomic E-state index is 0.00430. The molecule has 6 nitrogen and oxygen atoms in total. The highest BCUT2D eigenvalue weighted by atomic mass is 16.4. The van der Waals surface area contributed by atoms with E-state index in [1.165, 1.54) is 0 Å². The van der Waals surface area contributed by atoms with E-state index in [2.05, 4.69) is 10.6 Å². The number of amides is 2. The average Bonchev–Trinajstić information content (AvgIpc) is 2.62. The van der Waals surface area contributed by atoms with Crippen molar-refractivity contribution >= 4 is 12.0 Å². The zero-order valence-electron chi connectivity index (χ0n) is 14.5. The van der Waals surface area contributed by atoms with Gasteiger partial charge in [-0.2, -0.15) is 0 Å². The van der Waals surface area contributed by atoms with Crippen LogP contribution >= 0.6 is 0 Å². The van der Waals surface area contributed by atoms with Crippen molar-refractivity contribution in [1.29, 1.82) is 0 Å². The molecule has 138 valence electrons. The number of hydrogen-bond donors (Lipinski definition) is 4. The minimum Gasteiger partial charge on any atom is -0.508 e. The van der Waals surface area contributed by atoms with Gasteiger partial charge in [-0.3, -0.25) is 4.79 Å². The summed E-state index contributed by atoms with van der Waals surface area (Å²) in [4.78, 5) is 23.0. The maximum Gasteiger partial charge on any atom is 0.315 e. The third kappa shape index (κ3) is 6.84. The van der Waals surface area contributed by atoms with Crippen LogP contribution in [-0.4, -0.2) is 34.8 Å². The van der Waals surface area contributed by atoms with Crippen LogP contribution in [0.5, 0.6) is 5.75 Å². The Labute approximate surface area is 152 Å². The normalized spacial score (nSPS) is 11.5. The molecule has 0 saturated carbocycles. The van der Waals surface area contributed by atoms with Crippen LogP contribution in [0.2, 0.25) is 0 Å². The molecule has 2 rings (SSSR count). The van der Waals surface area contributed by atoms with E-state index < -0.39 is 5.97 Å². The van der Waals surface area contributed by atoms with Crippen LogP contribution < -0.4 is 10.6 Å². The van der Waals surface area contributed by atoms with Gasteiger partial charge in [0.15, 0.2) is 0 Å². The Morgan fingerprint density at radius 3 is 2.38 bits per heavy atom. The molecule has 26 heavy (non-hydrogen) atoms. The number of aliphatic carboxylic acids is 1. The first-order valence-corrected chi connectivity index (χ1v) is 8.61. The van der Waals surface area contributed by atoms with Crippen molar-refractivity contribution in [1.82, 2.24) is 10.6 Å². The van der Waals surface area contributed by atoms with E-state index in [9.17, 15) is 14.7 Å². The van der Waals surface area contributed by atoms with Gasteiger partial charge >= 0.3 is 12.0 Å². The highest BCUT2D eigenvalue weighted by Gasteiger charge is 2.14. The standard InChI is InChI=1S/C20H24N2O4/c23-18-9-5-4-8-16(18)12-13-21-20(26)22-17(10-11-19(24)25)14-15-6-2-1-3-7-15/h1-9,17,23H,10-14H2,(H,24,25)(H2,21,22,26). The molecule has 0 saturated heterocycles. The van der Waals surface area contributed by atoms with Crippen molar-refractivity contribution in [2.24, 2.45) is 0 Å². The third-order valence-electron chi connectivity index (χ3n) is 4.04. The molecule has 1 atom stereocenters. The fourth-order valence-electron chi connectivity index (χ4n) is 2.69. The van der Waals surface area contributed by atoms with Crippen LogP contribution in [0.25, 0.3) is 0 Å². The number of hydrogen-bond acceptors (Lipinski definition) is 3. The molecule has 6 heteroatoms. The summed E-state index contributed by atoms with van der Waals surface area (Å²) in [5.74, 6) is -0.678. The van der Waals surface area contributed by atoms with Crippen molar-refractivity contribution in [2.75, 3.05) is 6.54 Å². The second-order valence-corrected chi connectivity index (χ2v) is 6.10. The molecular formula is C20H24N2O4. The van der Waals surface area contributed by atoms with E-state index in [1.54, 1.807) is 18.2 Å². The van der Waals surface area contributed by atoms with Crippen LogP contribution in [0, 0.1) is 0 Å². The molecule has 2 amide bonds. The van der Waals surface area contributed by atoms with Crippen LogP contribution in [0.1, 0.15) is 24.0 Å². The Morgan fingerprint density at radius 2 is 1.69 bits per heavy atom. The minimum atomic E-state index is -0.884. The van der Waals surface area contributed by atoms with Crippen molar-refractivity contribution in [3.8, 4) is 5.75 Å². The van der Waals surface area contributed by atoms with E-state index in [-0.39, 0.29) is 24.2 Å². The number of aromatic hydroxyl groups is 1. The number of phenolic OH excluding ortho intramolecular Hbond substituents is 1. The first-order valence-electron chi connectivity index (χ1n) is 8.61. The summed E-state index contributed by atoms with van der Waals surface area (Å²) >= 11 is 0. The lowest BCUT2D eigenvalue weighted by Gasteiger charge is -2.19. The smallest absolute Gasteiger partial charge is 0.315 e. The average molecular weight is 356 g/mol. The summed E-state index contributed by atoms with van der Waals surface area (Å²) in [6.07, 6.45) is 1.44. The van der Waals surface area contributed by atoms with E-state index in [1.807, 2.05) is 36.4 Å². The number of carbonyl (C=O) groups excluding carboxylic acids is 1. The SMILES string of the molecule is O=C(O)CCC(Cc1ccccc1)NC(=O)NCCc1ccccc1O. The lowest BCUT2D eigenvalue weighted by Crippen LogP contribution is -2.44. The molecule has 0 radical (unpaired) electrons. The van der Waals surface area contributed by atoms with Crippen molar-refractivity contribution < 1.29 is 19.8 Å². The van der Waals surface area contributed by atoms with Crippen LogP contribution in [0.15, 0.2) is 54.6 Å². The second-order valence-electron chi connectivity index (χ2n) is 6.10. The molecular weight excluding hydrogens is 332 g/mol. The van der Waals surface area contributed by atoms with Crippen molar-refractivity contribution in [3.05, 3.63) is 65.7 Å². The summed E-state index contributed by atoms with van der Waals surface area (Å²) < 4.78 is 0. The fraction of sp³-hybridized carbons (Fsp3) is 0.300. The Hall–Kier alpha value is -3.02. The van der Waals surface area contributed by atoms with Crippen LogP contribution in [0.4, 0.5) is 4.79 Å². The first-order chi connectivity index (χ1) is 12.5. The Kier molecular flexibility index (Phi) is 7.49. The monoisotopic (exact) mass is 356 g/mol. The molecule has 0 spiro atoms. The fourth-order valence-corrected chi connectivity index (χ4v) is 2.69.